The fourth-order valence-electron chi connectivity index (χ4n) is 4.03. The minimum absolute atomic E-state index is 0.448. The van der Waals surface area contributed by atoms with E-state index in [9.17, 15) is 18.3 Å². The highest BCUT2D eigenvalue weighted by Crippen LogP contribution is 2.40. The molecule has 3 aromatic rings. The minimum atomic E-state index is -4.37. The number of aliphatic hydroxyl groups is 1. The SMILES string of the molecule is CC(C)(O)C1(Nc2ccc3ncc(-c4ccc(C(F)(F)F)s4)n3n2)CCCCC1. The molecule has 1 aliphatic rings. The number of hydrogen-bond donors (Lipinski definition) is 2. The molecule has 0 amide bonds. The van der Waals surface area contributed by atoms with E-state index >= 15 is 0 Å². The van der Waals surface area contributed by atoms with Crippen LogP contribution in [0.25, 0.3) is 16.2 Å². The van der Waals surface area contributed by atoms with Crippen LogP contribution in [0.4, 0.5) is 19.0 Å². The number of thiophene rings is 1. The zero-order valence-electron chi connectivity index (χ0n) is 16.3. The highest BCUT2D eigenvalue weighted by atomic mass is 32.1. The van der Waals surface area contributed by atoms with E-state index in [1.807, 2.05) is 0 Å². The molecule has 0 unspecified atom stereocenters. The molecule has 0 spiro atoms. The van der Waals surface area contributed by atoms with Gasteiger partial charge in [-0.25, -0.2) is 9.50 Å². The number of fused-ring (bicyclic) bond motifs is 1. The zero-order chi connectivity index (χ0) is 20.9. The summed E-state index contributed by atoms with van der Waals surface area (Å²) in [5.41, 5.74) is -0.394. The Morgan fingerprint density at radius 3 is 2.45 bits per heavy atom. The Bertz CT molecular complexity index is 1010. The second kappa shape index (κ2) is 6.98. The van der Waals surface area contributed by atoms with Crippen molar-refractivity contribution in [1.29, 1.82) is 0 Å². The number of nitrogens with zero attached hydrogens (tertiary/aromatic N) is 3. The van der Waals surface area contributed by atoms with Gasteiger partial charge in [0.25, 0.3) is 0 Å². The normalized spacial score (nSPS) is 17.6. The summed E-state index contributed by atoms with van der Waals surface area (Å²) in [6.45, 7) is 3.60. The lowest BCUT2D eigenvalue weighted by Crippen LogP contribution is -2.57. The molecule has 0 atom stereocenters. The number of rotatable bonds is 4. The molecule has 0 bridgehead atoms. The van der Waals surface area contributed by atoms with Crippen LogP contribution < -0.4 is 5.32 Å². The minimum Gasteiger partial charge on any atom is -0.388 e. The standard InChI is InChI=1S/C20H23F3N4OS/c1-18(2,28)19(10-4-3-5-11-19)25-16-8-9-17-24-12-13(27(17)26-16)14-6-7-15(29-14)20(21,22)23/h6-9,12,28H,3-5,10-11H2,1-2H3,(H,25,26). The molecule has 0 aliphatic heterocycles. The number of alkyl halides is 3. The second-order valence-electron chi connectivity index (χ2n) is 8.12. The predicted molar refractivity (Wildman–Crippen MR) is 107 cm³/mol. The number of hydrogen-bond acceptors (Lipinski definition) is 5. The highest BCUT2D eigenvalue weighted by Gasteiger charge is 2.44. The first-order valence-electron chi connectivity index (χ1n) is 9.62. The predicted octanol–water partition coefficient (Wildman–Crippen LogP) is 5.36. The lowest BCUT2D eigenvalue weighted by molar-refractivity contribution is -0.134. The van der Waals surface area contributed by atoms with Crippen molar-refractivity contribution >= 4 is 22.8 Å². The summed E-state index contributed by atoms with van der Waals surface area (Å²) in [4.78, 5) is 4.06. The van der Waals surface area contributed by atoms with Crippen molar-refractivity contribution in [2.24, 2.45) is 0 Å². The van der Waals surface area contributed by atoms with E-state index in [1.165, 1.54) is 12.3 Å². The van der Waals surface area contributed by atoms with Crippen molar-refractivity contribution in [2.45, 2.75) is 63.3 Å². The third-order valence-electron chi connectivity index (χ3n) is 5.75. The van der Waals surface area contributed by atoms with Crippen molar-refractivity contribution < 1.29 is 18.3 Å². The van der Waals surface area contributed by atoms with Crippen LogP contribution in [0.5, 0.6) is 0 Å². The monoisotopic (exact) mass is 424 g/mol. The van der Waals surface area contributed by atoms with Crippen LogP contribution >= 0.6 is 11.3 Å². The Morgan fingerprint density at radius 1 is 1.10 bits per heavy atom. The summed E-state index contributed by atoms with van der Waals surface area (Å²) in [6.07, 6.45) is 1.99. The molecule has 5 nitrogen and oxygen atoms in total. The average Bonchev–Trinajstić information content (AvgIpc) is 3.27. The number of aromatic nitrogens is 3. The number of anilines is 1. The number of halogens is 3. The van der Waals surface area contributed by atoms with E-state index in [1.54, 1.807) is 30.5 Å². The van der Waals surface area contributed by atoms with Crippen LogP contribution in [0.1, 0.15) is 50.8 Å². The number of imidazole rings is 1. The Kier molecular flexibility index (Phi) is 4.85. The maximum absolute atomic E-state index is 13.0. The molecule has 0 aromatic carbocycles. The van der Waals surface area contributed by atoms with Crippen LogP contribution in [-0.2, 0) is 6.18 Å². The smallest absolute Gasteiger partial charge is 0.388 e. The molecular formula is C20H23F3N4OS. The van der Waals surface area contributed by atoms with Crippen LogP contribution in [0.2, 0.25) is 0 Å². The Hall–Kier alpha value is -2.13. The van der Waals surface area contributed by atoms with Gasteiger partial charge < -0.3 is 10.4 Å². The van der Waals surface area contributed by atoms with Gasteiger partial charge in [-0.05, 0) is 51.0 Å². The lowest BCUT2D eigenvalue weighted by Gasteiger charge is -2.47. The van der Waals surface area contributed by atoms with Gasteiger partial charge in [-0.15, -0.1) is 16.4 Å². The molecule has 3 heterocycles. The Morgan fingerprint density at radius 2 is 1.83 bits per heavy atom. The molecular weight excluding hydrogens is 401 g/mol. The first-order valence-corrected chi connectivity index (χ1v) is 10.4. The van der Waals surface area contributed by atoms with Gasteiger partial charge in [-0.2, -0.15) is 13.2 Å². The van der Waals surface area contributed by atoms with Crippen molar-refractivity contribution in [2.75, 3.05) is 5.32 Å². The van der Waals surface area contributed by atoms with Gasteiger partial charge in [-0.3, -0.25) is 0 Å². The lowest BCUT2D eigenvalue weighted by atomic mass is 9.71. The molecule has 29 heavy (non-hydrogen) atoms. The van der Waals surface area contributed by atoms with E-state index in [4.69, 9.17) is 0 Å². The van der Waals surface area contributed by atoms with E-state index in [0.717, 1.165) is 38.2 Å². The van der Waals surface area contributed by atoms with Gasteiger partial charge in [0.2, 0.25) is 0 Å². The fraction of sp³-hybridized carbons (Fsp3) is 0.500. The molecule has 0 radical (unpaired) electrons. The molecule has 2 N–H and O–H groups in total. The van der Waals surface area contributed by atoms with Crippen molar-refractivity contribution in [1.82, 2.24) is 14.6 Å². The van der Waals surface area contributed by atoms with Gasteiger partial charge in [-0.1, -0.05) is 19.3 Å². The Labute approximate surface area is 170 Å². The summed E-state index contributed by atoms with van der Waals surface area (Å²) in [7, 11) is 0. The summed E-state index contributed by atoms with van der Waals surface area (Å²) in [5, 5.41) is 18.9. The molecule has 1 fully saturated rings. The molecule has 1 aliphatic carbocycles. The molecule has 9 heteroatoms. The highest BCUT2D eigenvalue weighted by molar-refractivity contribution is 7.15. The van der Waals surface area contributed by atoms with E-state index in [-0.39, 0.29) is 0 Å². The largest absolute Gasteiger partial charge is 0.425 e. The molecule has 0 saturated heterocycles. The first-order chi connectivity index (χ1) is 13.6. The molecule has 1 saturated carbocycles. The van der Waals surface area contributed by atoms with Gasteiger partial charge in [0.15, 0.2) is 5.65 Å². The van der Waals surface area contributed by atoms with Crippen molar-refractivity contribution in [3.63, 3.8) is 0 Å². The third-order valence-corrected chi connectivity index (χ3v) is 6.90. The summed E-state index contributed by atoms with van der Waals surface area (Å²) in [5.74, 6) is 0.563. The summed E-state index contributed by atoms with van der Waals surface area (Å²) < 4.78 is 40.5. The van der Waals surface area contributed by atoms with Crippen molar-refractivity contribution in [3.05, 3.63) is 35.3 Å². The topological polar surface area (TPSA) is 62.5 Å². The maximum Gasteiger partial charge on any atom is 0.425 e. The summed E-state index contributed by atoms with van der Waals surface area (Å²) in [6, 6.07) is 6.09. The molecule has 156 valence electrons. The first kappa shape index (κ1) is 20.2. The van der Waals surface area contributed by atoms with Gasteiger partial charge in [0, 0.05) is 0 Å². The molecule has 3 aromatic heterocycles. The van der Waals surface area contributed by atoms with Gasteiger partial charge in [0.1, 0.15) is 16.4 Å². The fourth-order valence-corrected chi connectivity index (χ4v) is 4.89. The third kappa shape index (κ3) is 3.73. The van der Waals surface area contributed by atoms with Gasteiger partial charge in [0.05, 0.1) is 22.2 Å². The van der Waals surface area contributed by atoms with Crippen LogP contribution in [-0.4, -0.2) is 30.8 Å². The Balaban J connectivity index is 1.71. The zero-order valence-corrected chi connectivity index (χ0v) is 17.1. The van der Waals surface area contributed by atoms with Crippen LogP contribution in [0, 0.1) is 0 Å². The van der Waals surface area contributed by atoms with E-state index in [2.05, 4.69) is 15.4 Å². The quantitative estimate of drug-likeness (QED) is 0.592. The van der Waals surface area contributed by atoms with Gasteiger partial charge >= 0.3 is 6.18 Å². The van der Waals surface area contributed by atoms with E-state index in [0.29, 0.717) is 33.4 Å². The van der Waals surface area contributed by atoms with Crippen LogP contribution in [0.15, 0.2) is 30.5 Å². The molecule has 4 rings (SSSR count). The van der Waals surface area contributed by atoms with Crippen molar-refractivity contribution in [3.8, 4) is 10.6 Å². The second-order valence-corrected chi connectivity index (χ2v) is 9.20. The number of nitrogens with one attached hydrogen (secondary N) is 1. The van der Waals surface area contributed by atoms with E-state index < -0.39 is 22.2 Å². The maximum atomic E-state index is 13.0. The average molecular weight is 424 g/mol. The van der Waals surface area contributed by atoms with Crippen LogP contribution in [0.3, 0.4) is 0 Å². The summed E-state index contributed by atoms with van der Waals surface area (Å²) >= 11 is 0.671.